The Morgan fingerprint density at radius 3 is 2.08 bits per heavy atom. The lowest BCUT2D eigenvalue weighted by Crippen LogP contribution is -2.24. The first-order valence-corrected chi connectivity index (χ1v) is 5.06. The molecule has 0 amide bonds. The van der Waals surface area contributed by atoms with Gasteiger partial charge in [-0.15, -0.1) is 0 Å². The number of ketones is 1. The highest BCUT2D eigenvalue weighted by Gasteiger charge is 2.37. The van der Waals surface area contributed by atoms with Gasteiger partial charge >= 0.3 is 0 Å². The van der Waals surface area contributed by atoms with Crippen LogP contribution in [0.4, 0.5) is 0 Å². The van der Waals surface area contributed by atoms with E-state index in [1.807, 2.05) is 0 Å². The maximum Gasteiger partial charge on any atom is 0.136 e. The molecule has 2 unspecified atom stereocenters. The Morgan fingerprint density at radius 2 is 1.75 bits per heavy atom. The standard InChI is InChI=1S/C11H20O/c1-7(2)9-5-6-10(12)11(9)8(3)4/h7-9,11H,5-6H2,1-4H3. The van der Waals surface area contributed by atoms with E-state index in [0.29, 0.717) is 29.5 Å². The quantitative estimate of drug-likeness (QED) is 0.619. The molecular weight excluding hydrogens is 148 g/mol. The molecule has 70 valence electrons. The smallest absolute Gasteiger partial charge is 0.136 e. The highest BCUT2D eigenvalue weighted by Crippen LogP contribution is 2.38. The number of rotatable bonds is 2. The predicted octanol–water partition coefficient (Wildman–Crippen LogP) is 2.89. The van der Waals surface area contributed by atoms with E-state index >= 15 is 0 Å². The summed E-state index contributed by atoms with van der Waals surface area (Å²) in [7, 11) is 0. The van der Waals surface area contributed by atoms with Crippen LogP contribution in [0.5, 0.6) is 0 Å². The topological polar surface area (TPSA) is 17.1 Å². The molecular formula is C11H20O. The summed E-state index contributed by atoms with van der Waals surface area (Å²) in [5, 5.41) is 0. The average molecular weight is 168 g/mol. The SMILES string of the molecule is CC(C)C1CCC(=O)C1C(C)C. The summed E-state index contributed by atoms with van der Waals surface area (Å²) in [5.41, 5.74) is 0. The molecule has 0 spiro atoms. The fourth-order valence-corrected chi connectivity index (χ4v) is 2.51. The molecule has 0 heterocycles. The van der Waals surface area contributed by atoms with Crippen molar-refractivity contribution in [3.8, 4) is 0 Å². The van der Waals surface area contributed by atoms with Crippen LogP contribution in [0.3, 0.4) is 0 Å². The molecule has 0 N–H and O–H groups in total. The monoisotopic (exact) mass is 168 g/mol. The average Bonchev–Trinajstić information content (AvgIpc) is 2.30. The van der Waals surface area contributed by atoms with Crippen molar-refractivity contribution < 1.29 is 4.79 Å². The van der Waals surface area contributed by atoms with Crippen LogP contribution in [0.15, 0.2) is 0 Å². The van der Waals surface area contributed by atoms with Gasteiger partial charge in [0, 0.05) is 12.3 Å². The van der Waals surface area contributed by atoms with Crippen molar-refractivity contribution in [1.82, 2.24) is 0 Å². The molecule has 0 aromatic rings. The third-order valence-electron chi connectivity index (χ3n) is 3.13. The van der Waals surface area contributed by atoms with Gasteiger partial charge in [0.25, 0.3) is 0 Å². The van der Waals surface area contributed by atoms with Gasteiger partial charge in [0.05, 0.1) is 0 Å². The Hall–Kier alpha value is -0.330. The van der Waals surface area contributed by atoms with Crippen molar-refractivity contribution in [2.75, 3.05) is 0 Å². The minimum atomic E-state index is 0.352. The molecule has 1 aliphatic carbocycles. The summed E-state index contributed by atoms with van der Waals surface area (Å²) in [5.74, 6) is 2.71. The van der Waals surface area contributed by atoms with Gasteiger partial charge in [-0.3, -0.25) is 4.79 Å². The second-order valence-electron chi connectivity index (χ2n) is 4.68. The van der Waals surface area contributed by atoms with Crippen molar-refractivity contribution in [2.24, 2.45) is 23.7 Å². The van der Waals surface area contributed by atoms with Gasteiger partial charge in [-0.1, -0.05) is 27.7 Å². The summed E-state index contributed by atoms with van der Waals surface area (Å²) in [6, 6.07) is 0. The van der Waals surface area contributed by atoms with Crippen molar-refractivity contribution in [2.45, 2.75) is 40.5 Å². The first-order valence-electron chi connectivity index (χ1n) is 5.06. The molecule has 0 radical (unpaired) electrons. The van der Waals surface area contributed by atoms with Gasteiger partial charge in [-0.2, -0.15) is 0 Å². The van der Waals surface area contributed by atoms with Gasteiger partial charge in [0.2, 0.25) is 0 Å². The summed E-state index contributed by atoms with van der Waals surface area (Å²) >= 11 is 0. The second kappa shape index (κ2) is 3.59. The van der Waals surface area contributed by atoms with E-state index in [1.165, 1.54) is 0 Å². The molecule has 12 heavy (non-hydrogen) atoms. The van der Waals surface area contributed by atoms with E-state index in [1.54, 1.807) is 0 Å². The van der Waals surface area contributed by atoms with Crippen molar-refractivity contribution in [3.63, 3.8) is 0 Å². The van der Waals surface area contributed by atoms with Crippen LogP contribution < -0.4 is 0 Å². The highest BCUT2D eigenvalue weighted by molar-refractivity contribution is 5.83. The van der Waals surface area contributed by atoms with E-state index in [9.17, 15) is 4.79 Å². The fraction of sp³-hybridized carbons (Fsp3) is 0.909. The van der Waals surface area contributed by atoms with E-state index in [0.717, 1.165) is 12.8 Å². The maximum absolute atomic E-state index is 11.5. The molecule has 1 rings (SSSR count). The van der Waals surface area contributed by atoms with E-state index < -0.39 is 0 Å². The van der Waals surface area contributed by atoms with Crippen molar-refractivity contribution in [1.29, 1.82) is 0 Å². The van der Waals surface area contributed by atoms with Crippen LogP contribution in [-0.4, -0.2) is 5.78 Å². The Balaban J connectivity index is 2.70. The molecule has 0 saturated heterocycles. The lowest BCUT2D eigenvalue weighted by atomic mass is 9.79. The van der Waals surface area contributed by atoms with Gasteiger partial charge in [-0.05, 0) is 24.2 Å². The number of hydrogen-bond acceptors (Lipinski definition) is 1. The minimum Gasteiger partial charge on any atom is -0.299 e. The Morgan fingerprint density at radius 1 is 1.17 bits per heavy atom. The number of hydrogen-bond donors (Lipinski definition) is 0. The number of Topliss-reactive ketones (excluding diaryl/α,β-unsaturated/α-hetero) is 1. The first kappa shape index (κ1) is 9.76. The van der Waals surface area contributed by atoms with E-state index in [4.69, 9.17) is 0 Å². The van der Waals surface area contributed by atoms with Crippen molar-refractivity contribution in [3.05, 3.63) is 0 Å². The Bertz CT molecular complexity index is 170. The largest absolute Gasteiger partial charge is 0.299 e. The zero-order chi connectivity index (χ0) is 9.30. The van der Waals surface area contributed by atoms with Gasteiger partial charge in [0.1, 0.15) is 5.78 Å². The summed E-state index contributed by atoms with van der Waals surface area (Å²) in [6.45, 7) is 8.81. The summed E-state index contributed by atoms with van der Waals surface area (Å²) < 4.78 is 0. The number of carbonyl (C=O) groups excluding carboxylic acids is 1. The van der Waals surface area contributed by atoms with Crippen LogP contribution in [0.2, 0.25) is 0 Å². The molecule has 1 heteroatoms. The molecule has 0 aromatic carbocycles. The molecule has 0 aromatic heterocycles. The fourth-order valence-electron chi connectivity index (χ4n) is 2.51. The first-order chi connectivity index (χ1) is 5.54. The highest BCUT2D eigenvalue weighted by atomic mass is 16.1. The third-order valence-corrected chi connectivity index (χ3v) is 3.13. The minimum absolute atomic E-state index is 0.352. The molecule has 1 fully saturated rings. The van der Waals surface area contributed by atoms with Crippen LogP contribution in [-0.2, 0) is 4.79 Å². The van der Waals surface area contributed by atoms with Gasteiger partial charge < -0.3 is 0 Å². The van der Waals surface area contributed by atoms with Crippen LogP contribution in [0.1, 0.15) is 40.5 Å². The van der Waals surface area contributed by atoms with Crippen LogP contribution >= 0.6 is 0 Å². The lowest BCUT2D eigenvalue weighted by molar-refractivity contribution is -0.122. The lowest BCUT2D eigenvalue weighted by Gasteiger charge is -2.24. The second-order valence-corrected chi connectivity index (χ2v) is 4.68. The molecule has 2 atom stereocenters. The predicted molar refractivity (Wildman–Crippen MR) is 50.9 cm³/mol. The molecule has 0 aliphatic heterocycles. The van der Waals surface area contributed by atoms with Crippen LogP contribution in [0.25, 0.3) is 0 Å². The molecule has 1 aliphatic rings. The summed E-state index contributed by atoms with van der Waals surface area (Å²) in [4.78, 5) is 11.5. The summed E-state index contributed by atoms with van der Waals surface area (Å²) in [6.07, 6.45) is 1.95. The Kier molecular flexibility index (Phi) is 2.92. The normalized spacial score (nSPS) is 30.7. The molecule has 1 nitrogen and oxygen atoms in total. The maximum atomic E-state index is 11.5. The zero-order valence-corrected chi connectivity index (χ0v) is 8.63. The number of carbonyl (C=O) groups is 1. The molecule has 1 saturated carbocycles. The zero-order valence-electron chi connectivity index (χ0n) is 8.63. The van der Waals surface area contributed by atoms with Crippen molar-refractivity contribution >= 4 is 5.78 Å². The van der Waals surface area contributed by atoms with Gasteiger partial charge in [0.15, 0.2) is 0 Å². The third kappa shape index (κ3) is 1.70. The van der Waals surface area contributed by atoms with E-state index in [2.05, 4.69) is 27.7 Å². The van der Waals surface area contributed by atoms with E-state index in [-0.39, 0.29) is 0 Å². The van der Waals surface area contributed by atoms with Gasteiger partial charge in [-0.25, -0.2) is 0 Å². The molecule has 0 bridgehead atoms. The van der Waals surface area contributed by atoms with Crippen LogP contribution in [0, 0.1) is 23.7 Å². The Labute approximate surface area is 75.5 Å².